The van der Waals surface area contributed by atoms with Crippen LogP contribution in [0.3, 0.4) is 0 Å². The SMILES string of the molecule is COc1ccc2[nH]c(=S)n(-c3ccc(F)c(OC)c3)c2c1. The van der Waals surface area contributed by atoms with Crippen molar-refractivity contribution in [3.05, 3.63) is 47.0 Å². The lowest BCUT2D eigenvalue weighted by molar-refractivity contribution is 0.386. The number of aromatic amines is 1. The van der Waals surface area contributed by atoms with E-state index < -0.39 is 5.82 Å². The number of ether oxygens (including phenoxy) is 2. The third-order valence-electron chi connectivity index (χ3n) is 3.28. The van der Waals surface area contributed by atoms with Crippen molar-refractivity contribution in [3.8, 4) is 17.2 Å². The number of hydrogen-bond acceptors (Lipinski definition) is 3. The number of halogens is 1. The molecule has 0 saturated carbocycles. The van der Waals surface area contributed by atoms with E-state index in [0.717, 1.165) is 22.5 Å². The minimum absolute atomic E-state index is 0.173. The highest BCUT2D eigenvalue weighted by atomic mass is 32.1. The van der Waals surface area contributed by atoms with Gasteiger partial charge < -0.3 is 14.5 Å². The van der Waals surface area contributed by atoms with E-state index in [1.165, 1.54) is 13.2 Å². The molecule has 2 aromatic carbocycles. The van der Waals surface area contributed by atoms with Crippen LogP contribution >= 0.6 is 12.2 Å². The summed E-state index contributed by atoms with van der Waals surface area (Å²) in [4.78, 5) is 3.12. The van der Waals surface area contributed by atoms with Crippen LogP contribution in [0, 0.1) is 10.6 Å². The van der Waals surface area contributed by atoms with Crippen LogP contribution in [0.4, 0.5) is 4.39 Å². The first-order valence-corrected chi connectivity index (χ1v) is 6.67. The fourth-order valence-corrected chi connectivity index (χ4v) is 2.57. The quantitative estimate of drug-likeness (QED) is 0.747. The average molecular weight is 304 g/mol. The molecule has 0 aliphatic carbocycles. The van der Waals surface area contributed by atoms with Gasteiger partial charge in [-0.2, -0.15) is 0 Å². The molecule has 0 amide bonds. The highest BCUT2D eigenvalue weighted by Gasteiger charge is 2.10. The predicted octanol–water partition coefficient (Wildman–Crippen LogP) is 3.84. The molecule has 0 spiro atoms. The number of methoxy groups -OCH3 is 2. The Kier molecular flexibility index (Phi) is 3.39. The molecule has 6 heteroatoms. The van der Waals surface area contributed by atoms with Gasteiger partial charge in [-0.05, 0) is 36.5 Å². The molecule has 108 valence electrons. The Bertz CT molecular complexity index is 870. The Morgan fingerprint density at radius 3 is 2.62 bits per heavy atom. The van der Waals surface area contributed by atoms with Gasteiger partial charge in [0.1, 0.15) is 5.75 Å². The molecule has 0 unspecified atom stereocenters. The van der Waals surface area contributed by atoms with Gasteiger partial charge in [0, 0.05) is 12.1 Å². The largest absolute Gasteiger partial charge is 0.497 e. The number of H-pyrrole nitrogens is 1. The summed E-state index contributed by atoms with van der Waals surface area (Å²) in [6.45, 7) is 0. The predicted molar refractivity (Wildman–Crippen MR) is 81.5 cm³/mol. The third-order valence-corrected chi connectivity index (χ3v) is 3.57. The summed E-state index contributed by atoms with van der Waals surface area (Å²) in [6.07, 6.45) is 0. The van der Waals surface area contributed by atoms with Gasteiger partial charge in [0.05, 0.1) is 30.9 Å². The van der Waals surface area contributed by atoms with Crippen LogP contribution < -0.4 is 9.47 Å². The maximum Gasteiger partial charge on any atom is 0.182 e. The Balaban J connectivity index is 2.28. The van der Waals surface area contributed by atoms with E-state index in [1.54, 1.807) is 19.2 Å². The maximum atomic E-state index is 13.6. The number of nitrogens with zero attached hydrogens (tertiary/aromatic N) is 1. The van der Waals surface area contributed by atoms with Crippen molar-refractivity contribution in [2.24, 2.45) is 0 Å². The molecule has 0 aliphatic heterocycles. The van der Waals surface area contributed by atoms with E-state index in [-0.39, 0.29) is 5.75 Å². The highest BCUT2D eigenvalue weighted by Crippen LogP contribution is 2.27. The Hall–Kier alpha value is -2.34. The molecule has 3 rings (SSSR count). The van der Waals surface area contributed by atoms with Crippen molar-refractivity contribution < 1.29 is 13.9 Å². The van der Waals surface area contributed by atoms with Crippen molar-refractivity contribution in [1.82, 2.24) is 9.55 Å². The van der Waals surface area contributed by atoms with Crippen molar-refractivity contribution in [3.63, 3.8) is 0 Å². The summed E-state index contributed by atoms with van der Waals surface area (Å²) in [6, 6.07) is 10.2. The van der Waals surface area contributed by atoms with Crippen molar-refractivity contribution in [2.75, 3.05) is 14.2 Å². The van der Waals surface area contributed by atoms with Crippen LogP contribution in [-0.2, 0) is 0 Å². The fraction of sp³-hybridized carbons (Fsp3) is 0.133. The molecule has 4 nitrogen and oxygen atoms in total. The normalized spacial score (nSPS) is 10.8. The lowest BCUT2D eigenvalue weighted by atomic mass is 10.2. The van der Waals surface area contributed by atoms with Crippen LogP contribution in [0.25, 0.3) is 16.7 Å². The molecule has 0 radical (unpaired) electrons. The number of nitrogens with one attached hydrogen (secondary N) is 1. The number of aromatic nitrogens is 2. The van der Waals surface area contributed by atoms with E-state index in [4.69, 9.17) is 21.7 Å². The zero-order valence-corrected chi connectivity index (χ0v) is 12.3. The number of hydrogen-bond donors (Lipinski definition) is 1. The van der Waals surface area contributed by atoms with Crippen molar-refractivity contribution >= 4 is 23.3 Å². The molecule has 1 heterocycles. The summed E-state index contributed by atoms with van der Waals surface area (Å²) in [7, 11) is 3.04. The van der Waals surface area contributed by atoms with Gasteiger partial charge in [0.2, 0.25) is 0 Å². The summed E-state index contributed by atoms with van der Waals surface area (Å²) in [5.74, 6) is 0.483. The highest BCUT2D eigenvalue weighted by molar-refractivity contribution is 7.71. The molecule has 0 aliphatic rings. The molecule has 0 bridgehead atoms. The van der Waals surface area contributed by atoms with Crippen molar-refractivity contribution in [2.45, 2.75) is 0 Å². The molecular formula is C15H13FN2O2S. The van der Waals surface area contributed by atoms with Crippen LogP contribution in [0.5, 0.6) is 11.5 Å². The molecule has 21 heavy (non-hydrogen) atoms. The first-order chi connectivity index (χ1) is 10.1. The lowest BCUT2D eigenvalue weighted by Crippen LogP contribution is -1.97. The molecule has 0 fully saturated rings. The van der Waals surface area contributed by atoms with Gasteiger partial charge >= 0.3 is 0 Å². The zero-order valence-electron chi connectivity index (χ0n) is 11.5. The Morgan fingerprint density at radius 2 is 1.90 bits per heavy atom. The summed E-state index contributed by atoms with van der Waals surface area (Å²) < 4.78 is 26.2. The summed E-state index contributed by atoms with van der Waals surface area (Å²) in [5.41, 5.74) is 2.45. The van der Waals surface area contributed by atoms with E-state index >= 15 is 0 Å². The van der Waals surface area contributed by atoms with E-state index in [1.807, 2.05) is 22.8 Å². The minimum Gasteiger partial charge on any atom is -0.497 e. The van der Waals surface area contributed by atoms with Gasteiger partial charge in [-0.3, -0.25) is 4.57 Å². The lowest BCUT2D eigenvalue weighted by Gasteiger charge is -2.08. The molecule has 0 atom stereocenters. The number of rotatable bonds is 3. The summed E-state index contributed by atoms with van der Waals surface area (Å²) >= 11 is 5.36. The molecule has 3 aromatic rings. The second kappa shape index (κ2) is 5.21. The zero-order chi connectivity index (χ0) is 15.0. The maximum absolute atomic E-state index is 13.6. The minimum atomic E-state index is -0.412. The number of fused-ring (bicyclic) bond motifs is 1. The molecule has 0 saturated heterocycles. The van der Waals surface area contributed by atoms with E-state index in [9.17, 15) is 4.39 Å². The Morgan fingerprint density at radius 1 is 1.10 bits per heavy atom. The van der Waals surface area contributed by atoms with Gasteiger partial charge in [0.25, 0.3) is 0 Å². The third kappa shape index (κ3) is 2.27. The van der Waals surface area contributed by atoms with Crippen LogP contribution in [0.1, 0.15) is 0 Å². The van der Waals surface area contributed by atoms with E-state index in [2.05, 4.69) is 4.98 Å². The first-order valence-electron chi connectivity index (χ1n) is 6.26. The Labute approximate surface area is 125 Å². The topological polar surface area (TPSA) is 39.2 Å². The van der Waals surface area contributed by atoms with Crippen LogP contribution in [-0.4, -0.2) is 23.8 Å². The standard InChI is InChI=1S/C15H13FN2O2S/c1-19-10-4-6-12-13(8-10)18(15(21)17-12)9-3-5-11(16)14(7-9)20-2/h3-8H,1-2H3,(H,17,21). The van der Waals surface area contributed by atoms with Gasteiger partial charge in [0.15, 0.2) is 16.3 Å². The molecule has 1 N–H and O–H groups in total. The van der Waals surface area contributed by atoms with Crippen LogP contribution in [0.2, 0.25) is 0 Å². The van der Waals surface area contributed by atoms with Crippen LogP contribution in [0.15, 0.2) is 36.4 Å². The van der Waals surface area contributed by atoms with Gasteiger partial charge in [-0.25, -0.2) is 4.39 Å². The second-order valence-electron chi connectivity index (χ2n) is 4.47. The smallest absolute Gasteiger partial charge is 0.182 e. The molecular weight excluding hydrogens is 291 g/mol. The van der Waals surface area contributed by atoms with Gasteiger partial charge in [-0.15, -0.1) is 0 Å². The monoisotopic (exact) mass is 304 g/mol. The second-order valence-corrected chi connectivity index (χ2v) is 4.85. The van der Waals surface area contributed by atoms with Crippen molar-refractivity contribution in [1.29, 1.82) is 0 Å². The molecule has 1 aromatic heterocycles. The van der Waals surface area contributed by atoms with Gasteiger partial charge in [-0.1, -0.05) is 0 Å². The first kappa shape index (κ1) is 13.6. The summed E-state index contributed by atoms with van der Waals surface area (Å²) in [5, 5.41) is 0. The number of imidazole rings is 1. The number of benzene rings is 2. The fourth-order valence-electron chi connectivity index (χ4n) is 2.25. The average Bonchev–Trinajstić information content (AvgIpc) is 2.82. The van der Waals surface area contributed by atoms with E-state index in [0.29, 0.717) is 4.77 Å².